The zero-order valence-corrected chi connectivity index (χ0v) is 12.6. The van der Waals surface area contributed by atoms with Crippen LogP contribution in [0.25, 0.3) is 0 Å². The predicted octanol–water partition coefficient (Wildman–Crippen LogP) is 1.32. The van der Waals surface area contributed by atoms with Crippen LogP contribution in [0.2, 0.25) is 0 Å². The highest BCUT2D eigenvalue weighted by atomic mass is 16.2. The van der Waals surface area contributed by atoms with Crippen LogP contribution in [0, 0.1) is 0 Å². The molecule has 0 aliphatic heterocycles. The van der Waals surface area contributed by atoms with Crippen LogP contribution in [-0.4, -0.2) is 58.8 Å². The summed E-state index contributed by atoms with van der Waals surface area (Å²) >= 11 is 0. The number of amides is 2. The number of rotatable bonds is 5. The zero-order chi connectivity index (χ0) is 15.9. The lowest BCUT2D eigenvalue weighted by Gasteiger charge is -2.22. The maximum absolute atomic E-state index is 12.1. The maximum atomic E-state index is 12.1. The molecule has 0 aliphatic carbocycles. The first kappa shape index (κ1) is 15.6. The molecule has 6 nitrogen and oxygen atoms in total. The Morgan fingerprint density at radius 2 is 1.23 bits per heavy atom. The number of likely N-dealkylation sites (N-methyl/N-ethyl adjacent to an activating group) is 2. The quantitative estimate of drug-likeness (QED) is 0.835. The van der Waals surface area contributed by atoms with Gasteiger partial charge in [-0.1, -0.05) is 12.1 Å². The van der Waals surface area contributed by atoms with Crippen LogP contribution in [0.5, 0.6) is 0 Å². The fourth-order valence-electron chi connectivity index (χ4n) is 1.87. The molecule has 0 radical (unpaired) electrons. The molecule has 0 unspecified atom stereocenters. The van der Waals surface area contributed by atoms with Crippen LogP contribution in [0.15, 0.2) is 48.8 Å². The Morgan fingerprint density at radius 1 is 0.818 bits per heavy atom. The third kappa shape index (κ3) is 3.88. The van der Waals surface area contributed by atoms with Crippen molar-refractivity contribution in [1.82, 2.24) is 19.8 Å². The summed E-state index contributed by atoms with van der Waals surface area (Å²) in [5.41, 5.74) is 0.785. The molecule has 0 N–H and O–H groups in total. The molecule has 0 atom stereocenters. The number of hydrogen-bond acceptors (Lipinski definition) is 4. The van der Waals surface area contributed by atoms with Gasteiger partial charge in [-0.2, -0.15) is 0 Å². The molecule has 0 saturated heterocycles. The molecule has 2 aromatic heterocycles. The largest absolute Gasteiger partial charge is 0.339 e. The minimum atomic E-state index is -0.167. The van der Waals surface area contributed by atoms with Gasteiger partial charge in [0.25, 0.3) is 11.8 Å². The van der Waals surface area contributed by atoms with Crippen molar-refractivity contribution in [2.24, 2.45) is 0 Å². The average molecular weight is 298 g/mol. The van der Waals surface area contributed by atoms with Gasteiger partial charge in [0.2, 0.25) is 0 Å². The second-order valence-electron chi connectivity index (χ2n) is 4.88. The van der Waals surface area contributed by atoms with Crippen LogP contribution >= 0.6 is 0 Å². The number of carbonyl (C=O) groups is 2. The van der Waals surface area contributed by atoms with Gasteiger partial charge in [0.1, 0.15) is 11.4 Å². The Labute approximate surface area is 129 Å². The molecule has 22 heavy (non-hydrogen) atoms. The molecule has 0 aromatic carbocycles. The molecular weight excluding hydrogens is 280 g/mol. The fourth-order valence-corrected chi connectivity index (χ4v) is 1.87. The molecular formula is C16H18N4O2. The molecule has 2 rings (SSSR count). The van der Waals surface area contributed by atoms with Gasteiger partial charge in [0.15, 0.2) is 0 Å². The van der Waals surface area contributed by atoms with Gasteiger partial charge in [-0.25, -0.2) is 0 Å². The molecule has 0 aliphatic rings. The smallest absolute Gasteiger partial charge is 0.272 e. The van der Waals surface area contributed by atoms with E-state index in [0.29, 0.717) is 24.5 Å². The van der Waals surface area contributed by atoms with Crippen LogP contribution in [0.1, 0.15) is 21.0 Å². The minimum Gasteiger partial charge on any atom is -0.339 e. The lowest BCUT2D eigenvalue weighted by Crippen LogP contribution is -2.37. The molecule has 2 aromatic rings. The van der Waals surface area contributed by atoms with E-state index in [4.69, 9.17) is 0 Å². The van der Waals surface area contributed by atoms with Gasteiger partial charge in [-0.05, 0) is 24.3 Å². The van der Waals surface area contributed by atoms with Crippen molar-refractivity contribution in [3.8, 4) is 0 Å². The monoisotopic (exact) mass is 298 g/mol. The fraction of sp³-hybridized carbons (Fsp3) is 0.250. The van der Waals surface area contributed by atoms with Gasteiger partial charge in [0.05, 0.1) is 0 Å². The Hall–Kier alpha value is -2.76. The van der Waals surface area contributed by atoms with Gasteiger partial charge < -0.3 is 9.80 Å². The Balaban J connectivity index is 1.89. The number of carbonyl (C=O) groups excluding carboxylic acids is 2. The summed E-state index contributed by atoms with van der Waals surface area (Å²) in [6.07, 6.45) is 3.16. The van der Waals surface area contributed by atoms with Crippen molar-refractivity contribution in [1.29, 1.82) is 0 Å². The zero-order valence-electron chi connectivity index (χ0n) is 12.6. The summed E-state index contributed by atoms with van der Waals surface area (Å²) in [6, 6.07) is 10.4. The van der Waals surface area contributed by atoms with Crippen LogP contribution in [-0.2, 0) is 0 Å². The second kappa shape index (κ2) is 7.31. The lowest BCUT2D eigenvalue weighted by atomic mass is 10.3. The van der Waals surface area contributed by atoms with Crippen molar-refractivity contribution in [2.45, 2.75) is 0 Å². The molecule has 0 fully saturated rings. The molecule has 0 saturated carbocycles. The van der Waals surface area contributed by atoms with E-state index in [1.807, 2.05) is 0 Å². The Kier molecular flexibility index (Phi) is 5.19. The number of pyridine rings is 2. The summed E-state index contributed by atoms with van der Waals surface area (Å²) in [6.45, 7) is 0.842. The van der Waals surface area contributed by atoms with Crippen LogP contribution in [0.3, 0.4) is 0 Å². The first-order valence-corrected chi connectivity index (χ1v) is 6.92. The van der Waals surface area contributed by atoms with Gasteiger partial charge >= 0.3 is 0 Å². The van der Waals surface area contributed by atoms with E-state index in [9.17, 15) is 9.59 Å². The molecule has 2 heterocycles. The van der Waals surface area contributed by atoms with Crippen molar-refractivity contribution in [3.63, 3.8) is 0 Å². The SMILES string of the molecule is CN(CCN(C)C(=O)c1ccccn1)C(=O)c1ccccn1. The Morgan fingerprint density at radius 3 is 1.55 bits per heavy atom. The molecule has 0 spiro atoms. The van der Waals surface area contributed by atoms with Crippen molar-refractivity contribution >= 4 is 11.8 Å². The maximum Gasteiger partial charge on any atom is 0.272 e. The first-order chi connectivity index (χ1) is 10.6. The lowest BCUT2D eigenvalue weighted by molar-refractivity contribution is 0.0713. The Bertz CT molecular complexity index is 574. The second-order valence-corrected chi connectivity index (χ2v) is 4.88. The minimum absolute atomic E-state index is 0.167. The molecule has 0 bridgehead atoms. The van der Waals surface area contributed by atoms with E-state index in [0.717, 1.165) is 0 Å². The predicted molar refractivity (Wildman–Crippen MR) is 82.4 cm³/mol. The summed E-state index contributed by atoms with van der Waals surface area (Å²) in [7, 11) is 3.38. The van der Waals surface area contributed by atoms with Crippen molar-refractivity contribution in [2.75, 3.05) is 27.2 Å². The first-order valence-electron chi connectivity index (χ1n) is 6.92. The van der Waals surface area contributed by atoms with E-state index in [-0.39, 0.29) is 11.8 Å². The summed E-state index contributed by atoms with van der Waals surface area (Å²) < 4.78 is 0. The topological polar surface area (TPSA) is 66.4 Å². The summed E-state index contributed by atoms with van der Waals surface area (Å²) in [5.74, 6) is -0.335. The standard InChI is InChI=1S/C16H18N4O2/c1-19(15(21)13-7-3-5-9-17-13)11-12-20(2)16(22)14-8-4-6-10-18-14/h3-10H,11-12H2,1-2H3. The van der Waals surface area contributed by atoms with Crippen molar-refractivity contribution < 1.29 is 9.59 Å². The molecule has 114 valence electrons. The third-order valence-electron chi connectivity index (χ3n) is 3.23. The number of nitrogens with zero attached hydrogens (tertiary/aromatic N) is 4. The highest BCUT2D eigenvalue weighted by Crippen LogP contribution is 2.02. The van der Waals surface area contributed by atoms with E-state index >= 15 is 0 Å². The van der Waals surface area contributed by atoms with Gasteiger partial charge in [-0.3, -0.25) is 19.6 Å². The number of hydrogen-bond donors (Lipinski definition) is 0. The normalized spacial score (nSPS) is 10.1. The van der Waals surface area contributed by atoms with Gasteiger partial charge in [-0.15, -0.1) is 0 Å². The van der Waals surface area contributed by atoms with E-state index in [1.54, 1.807) is 72.7 Å². The van der Waals surface area contributed by atoms with Crippen LogP contribution < -0.4 is 0 Å². The van der Waals surface area contributed by atoms with E-state index in [2.05, 4.69) is 9.97 Å². The van der Waals surface area contributed by atoms with Crippen LogP contribution in [0.4, 0.5) is 0 Å². The van der Waals surface area contributed by atoms with Gasteiger partial charge in [0, 0.05) is 39.6 Å². The molecule has 2 amide bonds. The summed E-state index contributed by atoms with van der Waals surface area (Å²) in [5, 5.41) is 0. The highest BCUT2D eigenvalue weighted by molar-refractivity contribution is 5.93. The van der Waals surface area contributed by atoms with E-state index < -0.39 is 0 Å². The highest BCUT2D eigenvalue weighted by Gasteiger charge is 2.16. The summed E-state index contributed by atoms with van der Waals surface area (Å²) in [4.78, 5) is 35.4. The number of aromatic nitrogens is 2. The molecule has 6 heteroatoms. The van der Waals surface area contributed by atoms with Crippen molar-refractivity contribution in [3.05, 3.63) is 60.2 Å². The average Bonchev–Trinajstić information content (AvgIpc) is 2.59. The third-order valence-corrected chi connectivity index (χ3v) is 3.23. The van der Waals surface area contributed by atoms with E-state index in [1.165, 1.54) is 0 Å².